The maximum Gasteiger partial charge on any atom is 0.165 e. The van der Waals surface area contributed by atoms with Crippen molar-refractivity contribution in [3.63, 3.8) is 0 Å². The fraction of sp³-hybridized carbons (Fsp3) is 0.300. The molecule has 1 N–H and O–H groups in total. The van der Waals surface area contributed by atoms with Gasteiger partial charge in [-0.25, -0.2) is 8.78 Å². The Morgan fingerprint density at radius 3 is 2.19 bits per heavy atom. The van der Waals surface area contributed by atoms with Crippen molar-refractivity contribution in [3.05, 3.63) is 59.4 Å². The summed E-state index contributed by atoms with van der Waals surface area (Å²) >= 11 is 1.33. The van der Waals surface area contributed by atoms with E-state index in [0.29, 0.717) is 22.9 Å². The van der Waals surface area contributed by atoms with Gasteiger partial charge in [0, 0.05) is 23.6 Å². The van der Waals surface area contributed by atoms with Crippen LogP contribution < -0.4 is 4.72 Å². The van der Waals surface area contributed by atoms with Gasteiger partial charge in [0.15, 0.2) is 17.5 Å². The summed E-state index contributed by atoms with van der Waals surface area (Å²) in [6, 6.07) is 10.4. The number of halogens is 2. The number of aryl methyl sites for hydroxylation is 1. The molecule has 27 heavy (non-hydrogen) atoms. The first-order chi connectivity index (χ1) is 12.7. The number of nitrogens with zero attached hydrogens (tertiary/aromatic N) is 3. The highest BCUT2D eigenvalue weighted by Gasteiger charge is 2.17. The lowest BCUT2D eigenvalue weighted by atomic mass is 9.87. The molecule has 0 spiro atoms. The zero-order valence-corrected chi connectivity index (χ0v) is 16.8. The van der Waals surface area contributed by atoms with Crippen LogP contribution in [-0.4, -0.2) is 14.8 Å². The number of aromatic nitrogens is 3. The van der Waals surface area contributed by atoms with Crippen LogP contribution in [0.3, 0.4) is 0 Å². The number of rotatable bonds is 4. The molecule has 0 amide bonds. The van der Waals surface area contributed by atoms with E-state index in [-0.39, 0.29) is 5.41 Å². The zero-order chi connectivity index (χ0) is 19.8. The van der Waals surface area contributed by atoms with E-state index < -0.39 is 11.6 Å². The first-order valence-corrected chi connectivity index (χ1v) is 9.37. The van der Waals surface area contributed by atoms with Gasteiger partial charge in [0.05, 0.1) is 5.69 Å². The van der Waals surface area contributed by atoms with Gasteiger partial charge in [0.25, 0.3) is 0 Å². The van der Waals surface area contributed by atoms with Crippen molar-refractivity contribution in [2.24, 2.45) is 7.05 Å². The Morgan fingerprint density at radius 1 is 1.00 bits per heavy atom. The van der Waals surface area contributed by atoms with Crippen molar-refractivity contribution in [3.8, 4) is 11.4 Å². The molecule has 142 valence electrons. The molecule has 7 heteroatoms. The molecule has 0 bridgehead atoms. The number of hydrogen-bond donors (Lipinski definition) is 1. The van der Waals surface area contributed by atoms with Crippen molar-refractivity contribution in [2.75, 3.05) is 4.72 Å². The molecule has 3 rings (SSSR count). The van der Waals surface area contributed by atoms with E-state index in [1.165, 1.54) is 17.5 Å². The summed E-state index contributed by atoms with van der Waals surface area (Å²) in [5.41, 5.74) is 2.20. The van der Waals surface area contributed by atoms with Gasteiger partial charge in [-0.05, 0) is 48.0 Å². The molecular weight excluding hydrogens is 366 g/mol. The lowest BCUT2D eigenvalue weighted by Crippen LogP contribution is -2.10. The van der Waals surface area contributed by atoms with Crippen LogP contribution in [0.4, 0.5) is 14.5 Å². The Hall–Kier alpha value is -2.41. The quantitative estimate of drug-likeness (QED) is 0.601. The number of benzene rings is 2. The normalized spacial score (nSPS) is 11.7. The average molecular weight is 388 g/mol. The zero-order valence-electron chi connectivity index (χ0n) is 16.0. The van der Waals surface area contributed by atoms with Gasteiger partial charge in [-0.1, -0.05) is 32.9 Å². The Morgan fingerprint density at radius 2 is 1.63 bits per heavy atom. The molecule has 0 aliphatic rings. The molecule has 0 aliphatic heterocycles. The molecule has 0 aliphatic carbocycles. The molecule has 0 unspecified atom stereocenters. The fourth-order valence-electron chi connectivity index (χ4n) is 2.59. The van der Waals surface area contributed by atoms with Crippen LogP contribution in [0.1, 0.15) is 32.2 Å². The molecule has 0 saturated heterocycles. The second kappa shape index (κ2) is 7.31. The fourth-order valence-corrected chi connectivity index (χ4v) is 3.26. The largest absolute Gasteiger partial charge is 0.325 e. The second-order valence-corrected chi connectivity index (χ2v) is 8.30. The van der Waals surface area contributed by atoms with Crippen LogP contribution >= 0.6 is 11.9 Å². The molecule has 1 aromatic heterocycles. The van der Waals surface area contributed by atoms with Gasteiger partial charge in [0.2, 0.25) is 0 Å². The summed E-state index contributed by atoms with van der Waals surface area (Å²) in [7, 11) is 1.79. The highest BCUT2D eigenvalue weighted by atomic mass is 32.2. The van der Waals surface area contributed by atoms with Gasteiger partial charge in [-0.2, -0.15) is 0 Å². The Kier molecular flexibility index (Phi) is 5.24. The molecule has 1 heterocycles. The number of anilines is 1. The Bertz CT molecular complexity index is 959. The van der Waals surface area contributed by atoms with Gasteiger partial charge in [0.1, 0.15) is 5.82 Å². The summed E-state index contributed by atoms with van der Waals surface area (Å²) in [4.78, 5) is 0.966. The minimum absolute atomic E-state index is 0.0763. The molecule has 0 atom stereocenters. The van der Waals surface area contributed by atoms with Crippen LogP contribution in [0, 0.1) is 18.6 Å². The van der Waals surface area contributed by atoms with Gasteiger partial charge in [-0.15, -0.1) is 10.2 Å². The lowest BCUT2D eigenvalue weighted by Gasteiger charge is -2.19. The van der Waals surface area contributed by atoms with Gasteiger partial charge >= 0.3 is 0 Å². The van der Waals surface area contributed by atoms with Crippen molar-refractivity contribution in [1.82, 2.24) is 14.8 Å². The predicted octanol–water partition coefficient (Wildman–Crippen LogP) is 5.49. The molecule has 0 saturated carbocycles. The van der Waals surface area contributed by atoms with Gasteiger partial charge in [-0.3, -0.25) is 0 Å². The van der Waals surface area contributed by atoms with Crippen molar-refractivity contribution < 1.29 is 8.78 Å². The maximum atomic E-state index is 13.8. The second-order valence-electron chi connectivity index (χ2n) is 7.42. The lowest BCUT2D eigenvalue weighted by molar-refractivity contribution is 0.509. The van der Waals surface area contributed by atoms with Crippen molar-refractivity contribution in [1.29, 1.82) is 0 Å². The van der Waals surface area contributed by atoms with Crippen LogP contribution in [0.15, 0.2) is 41.3 Å². The first kappa shape index (κ1) is 19.4. The van der Waals surface area contributed by atoms with E-state index in [2.05, 4.69) is 47.8 Å². The molecule has 0 fully saturated rings. The molecule has 3 aromatic rings. The van der Waals surface area contributed by atoms with E-state index in [9.17, 15) is 8.78 Å². The van der Waals surface area contributed by atoms with Crippen molar-refractivity contribution in [2.45, 2.75) is 38.0 Å². The van der Waals surface area contributed by atoms with Crippen LogP contribution in [0.25, 0.3) is 11.4 Å². The third-order valence-electron chi connectivity index (χ3n) is 4.39. The van der Waals surface area contributed by atoms with E-state index in [1.54, 1.807) is 18.5 Å². The third-order valence-corrected chi connectivity index (χ3v) is 5.22. The Labute approximate surface area is 162 Å². The summed E-state index contributed by atoms with van der Waals surface area (Å²) < 4.78 is 32.5. The summed E-state index contributed by atoms with van der Waals surface area (Å²) in [5, 5.41) is 8.08. The minimum atomic E-state index is -0.921. The highest BCUT2D eigenvalue weighted by Crippen LogP contribution is 2.33. The number of hydrogen-bond acceptors (Lipinski definition) is 4. The first-order valence-electron chi connectivity index (χ1n) is 8.55. The minimum Gasteiger partial charge on any atom is -0.325 e. The summed E-state index contributed by atoms with van der Waals surface area (Å²) in [6.45, 7) is 8.27. The van der Waals surface area contributed by atoms with E-state index in [0.717, 1.165) is 17.0 Å². The Balaban J connectivity index is 1.88. The van der Waals surface area contributed by atoms with Gasteiger partial charge < -0.3 is 9.29 Å². The SMILES string of the molecule is Cc1nnc(-c2cc(F)c(F)cc2NSc2ccc(C(C)(C)C)cc2)n1C. The summed E-state index contributed by atoms with van der Waals surface area (Å²) in [6.07, 6.45) is 0. The van der Waals surface area contributed by atoms with E-state index in [4.69, 9.17) is 0 Å². The van der Waals surface area contributed by atoms with Crippen LogP contribution in [0.2, 0.25) is 0 Å². The molecular formula is C20H22F2N4S. The monoisotopic (exact) mass is 388 g/mol. The van der Waals surface area contributed by atoms with Crippen LogP contribution in [-0.2, 0) is 12.5 Å². The molecule has 4 nitrogen and oxygen atoms in total. The van der Waals surface area contributed by atoms with E-state index >= 15 is 0 Å². The molecule has 0 radical (unpaired) electrons. The number of nitrogens with one attached hydrogen (secondary N) is 1. The topological polar surface area (TPSA) is 42.7 Å². The van der Waals surface area contributed by atoms with Crippen molar-refractivity contribution >= 4 is 17.6 Å². The third kappa shape index (κ3) is 4.13. The van der Waals surface area contributed by atoms with E-state index in [1.807, 2.05) is 12.1 Å². The maximum absolute atomic E-state index is 13.8. The average Bonchev–Trinajstić information content (AvgIpc) is 2.94. The standard InChI is InChI=1S/C20H22F2N4S/c1-12-23-24-19(26(12)5)15-10-16(21)17(22)11-18(15)25-27-14-8-6-13(7-9-14)20(2,3)4/h6-11,25H,1-5H3. The summed E-state index contributed by atoms with van der Waals surface area (Å²) in [5.74, 6) is -0.678. The van der Waals surface area contributed by atoms with Crippen LogP contribution in [0.5, 0.6) is 0 Å². The predicted molar refractivity (Wildman–Crippen MR) is 106 cm³/mol. The highest BCUT2D eigenvalue weighted by molar-refractivity contribution is 8.00. The smallest absolute Gasteiger partial charge is 0.165 e. The molecule has 2 aromatic carbocycles.